The van der Waals surface area contributed by atoms with Crippen molar-refractivity contribution in [3.05, 3.63) is 72.2 Å². The molecule has 0 saturated carbocycles. The maximum atomic E-state index is 13.1. The first-order valence-electron chi connectivity index (χ1n) is 10.9. The van der Waals surface area contributed by atoms with Gasteiger partial charge in [0, 0.05) is 31.3 Å². The third-order valence-electron chi connectivity index (χ3n) is 5.58. The zero-order valence-electron chi connectivity index (χ0n) is 18.7. The topological polar surface area (TPSA) is 114 Å². The van der Waals surface area contributed by atoms with Crippen molar-refractivity contribution in [2.75, 3.05) is 17.2 Å². The van der Waals surface area contributed by atoms with Crippen LogP contribution in [0.25, 0.3) is 16.8 Å². The van der Waals surface area contributed by atoms with Gasteiger partial charge in [-0.15, -0.1) is 5.10 Å². The summed E-state index contributed by atoms with van der Waals surface area (Å²) in [6, 6.07) is 14.9. The first kappa shape index (κ1) is 21.5. The molecule has 1 aliphatic rings. The molecule has 1 fully saturated rings. The van der Waals surface area contributed by atoms with E-state index in [-0.39, 0.29) is 23.9 Å². The predicted octanol–water partition coefficient (Wildman–Crippen LogP) is 3.97. The number of aryl methyl sites for hydroxylation is 1. The number of hydrogen-bond donors (Lipinski definition) is 2. The van der Waals surface area contributed by atoms with Gasteiger partial charge in [0.1, 0.15) is 0 Å². The number of aromatic nitrogens is 4. The molecule has 1 unspecified atom stereocenters. The highest BCUT2D eigenvalue weighted by molar-refractivity contribution is 5.90. The monoisotopic (exact) mass is 457 g/mol. The van der Waals surface area contributed by atoms with Gasteiger partial charge in [-0.2, -0.15) is 10.0 Å². The number of pyridine rings is 2. The van der Waals surface area contributed by atoms with Gasteiger partial charge in [0.25, 0.3) is 0 Å². The van der Waals surface area contributed by atoms with E-state index in [1.54, 1.807) is 16.9 Å². The number of rotatable bonds is 4. The van der Waals surface area contributed by atoms with Gasteiger partial charge in [0.2, 0.25) is 11.9 Å². The zero-order valence-corrected chi connectivity index (χ0v) is 18.7. The molecule has 0 radical (unpaired) electrons. The molecular formula is C24H23N7O3. The van der Waals surface area contributed by atoms with Crippen molar-refractivity contribution in [1.82, 2.24) is 24.6 Å². The fourth-order valence-electron chi connectivity index (χ4n) is 3.91. The third kappa shape index (κ3) is 4.30. The van der Waals surface area contributed by atoms with Crippen molar-refractivity contribution in [3.63, 3.8) is 0 Å². The first-order valence-corrected chi connectivity index (χ1v) is 10.9. The van der Waals surface area contributed by atoms with Gasteiger partial charge in [-0.3, -0.25) is 19.9 Å². The normalized spacial score (nSPS) is 15.5. The number of anilines is 2. The summed E-state index contributed by atoms with van der Waals surface area (Å²) in [5.41, 5.74) is 4.52. The number of amides is 3. The smallest absolute Gasteiger partial charge is 0.304 e. The minimum absolute atomic E-state index is 0.147. The maximum Gasteiger partial charge on any atom is 0.346 e. The lowest BCUT2D eigenvalue weighted by molar-refractivity contribution is -0.114. The Morgan fingerprint density at radius 3 is 2.71 bits per heavy atom. The second kappa shape index (κ2) is 8.91. The lowest BCUT2D eigenvalue weighted by Crippen LogP contribution is -2.33. The van der Waals surface area contributed by atoms with Crippen LogP contribution in [-0.2, 0) is 9.63 Å². The number of carbonyl (C=O) groups is 2. The molecule has 172 valence electrons. The molecule has 3 aromatic heterocycles. The number of carbonyl (C=O) groups excluding carboxylic acids is 2. The summed E-state index contributed by atoms with van der Waals surface area (Å²) in [6.07, 6.45) is 4.22. The predicted molar refractivity (Wildman–Crippen MR) is 126 cm³/mol. The standard InChI is InChI=1S/C24H23N7O3/c1-15-20(27-24(33)31-21(9-11-34-31)17-6-4-3-5-7-17)12-19(14-25-15)18-8-10-30-22(13-18)28-23(29-30)26-16(2)32/h3-8,10,12-14,21H,9,11H2,1-2H3,(H,27,33)(H,26,29,32). The Labute approximate surface area is 195 Å². The van der Waals surface area contributed by atoms with Crippen LogP contribution < -0.4 is 10.6 Å². The van der Waals surface area contributed by atoms with E-state index in [2.05, 4.69) is 25.7 Å². The molecule has 3 amide bonds. The highest BCUT2D eigenvalue weighted by Crippen LogP contribution is 2.31. The number of hydroxylamine groups is 2. The summed E-state index contributed by atoms with van der Waals surface area (Å²) in [5, 5.41) is 11.1. The molecule has 1 aliphatic heterocycles. The summed E-state index contributed by atoms with van der Waals surface area (Å²) >= 11 is 0. The van der Waals surface area contributed by atoms with E-state index in [4.69, 9.17) is 4.84 Å². The summed E-state index contributed by atoms with van der Waals surface area (Å²) in [5.74, 6) is -0.00560. The van der Waals surface area contributed by atoms with Crippen LogP contribution >= 0.6 is 0 Å². The van der Waals surface area contributed by atoms with E-state index in [9.17, 15) is 9.59 Å². The molecule has 4 aromatic rings. The van der Waals surface area contributed by atoms with Gasteiger partial charge in [-0.05, 0) is 36.2 Å². The zero-order chi connectivity index (χ0) is 23.7. The molecular weight excluding hydrogens is 434 g/mol. The van der Waals surface area contributed by atoms with Crippen LogP contribution in [-0.4, -0.2) is 43.2 Å². The van der Waals surface area contributed by atoms with E-state index < -0.39 is 0 Å². The van der Waals surface area contributed by atoms with Crippen LogP contribution in [0.15, 0.2) is 60.9 Å². The number of fused-ring (bicyclic) bond motifs is 1. The van der Waals surface area contributed by atoms with Gasteiger partial charge in [0.05, 0.1) is 24.0 Å². The van der Waals surface area contributed by atoms with Crippen LogP contribution in [0.5, 0.6) is 0 Å². The molecule has 1 aromatic carbocycles. The fourth-order valence-corrected chi connectivity index (χ4v) is 3.91. The minimum Gasteiger partial charge on any atom is -0.304 e. The van der Waals surface area contributed by atoms with E-state index >= 15 is 0 Å². The number of nitrogens with zero attached hydrogens (tertiary/aromatic N) is 5. The van der Waals surface area contributed by atoms with Crippen LogP contribution in [0, 0.1) is 6.92 Å². The second-order valence-corrected chi connectivity index (χ2v) is 8.00. The molecule has 5 rings (SSSR count). The molecule has 10 heteroatoms. The average molecular weight is 457 g/mol. The van der Waals surface area contributed by atoms with E-state index in [0.29, 0.717) is 23.6 Å². The largest absolute Gasteiger partial charge is 0.346 e. The Bertz CT molecular complexity index is 1370. The van der Waals surface area contributed by atoms with Gasteiger partial charge in [-0.25, -0.2) is 9.31 Å². The molecule has 2 N–H and O–H groups in total. The Balaban J connectivity index is 1.38. The summed E-state index contributed by atoms with van der Waals surface area (Å²) in [4.78, 5) is 38.8. The van der Waals surface area contributed by atoms with Crippen LogP contribution in [0.3, 0.4) is 0 Å². The fraction of sp³-hybridized carbons (Fsp3) is 0.208. The van der Waals surface area contributed by atoms with Crippen LogP contribution in [0.4, 0.5) is 16.4 Å². The molecule has 10 nitrogen and oxygen atoms in total. The van der Waals surface area contributed by atoms with E-state index in [0.717, 1.165) is 23.1 Å². The Kier molecular flexibility index (Phi) is 5.64. The van der Waals surface area contributed by atoms with E-state index in [1.165, 1.54) is 12.0 Å². The molecule has 0 spiro atoms. The summed E-state index contributed by atoms with van der Waals surface area (Å²) < 4.78 is 1.58. The molecule has 4 heterocycles. The second-order valence-electron chi connectivity index (χ2n) is 8.00. The van der Waals surface area contributed by atoms with Gasteiger partial charge >= 0.3 is 6.03 Å². The minimum atomic E-state index is -0.346. The van der Waals surface area contributed by atoms with Crippen molar-refractivity contribution in [2.24, 2.45) is 0 Å². The lowest BCUT2D eigenvalue weighted by atomic mass is 10.1. The average Bonchev–Trinajstić information content (AvgIpc) is 3.47. The van der Waals surface area contributed by atoms with Crippen molar-refractivity contribution in [2.45, 2.75) is 26.3 Å². The maximum absolute atomic E-state index is 13.1. The van der Waals surface area contributed by atoms with Crippen LogP contribution in [0.2, 0.25) is 0 Å². The Hall–Kier alpha value is -4.31. The van der Waals surface area contributed by atoms with Crippen molar-refractivity contribution in [1.29, 1.82) is 0 Å². The molecule has 0 aliphatic carbocycles. The SMILES string of the molecule is CC(=O)Nc1nc2cc(-c3cnc(C)c(NC(=O)N4OCCC4c4ccccc4)c3)ccn2n1. The van der Waals surface area contributed by atoms with Crippen LogP contribution in [0.1, 0.15) is 30.6 Å². The third-order valence-corrected chi connectivity index (χ3v) is 5.58. The molecule has 34 heavy (non-hydrogen) atoms. The summed E-state index contributed by atoms with van der Waals surface area (Å²) in [6.45, 7) is 3.71. The summed E-state index contributed by atoms with van der Waals surface area (Å²) in [7, 11) is 0. The van der Waals surface area contributed by atoms with E-state index in [1.807, 2.05) is 55.5 Å². The lowest BCUT2D eigenvalue weighted by Gasteiger charge is -2.23. The number of urea groups is 1. The Morgan fingerprint density at radius 1 is 1.09 bits per heavy atom. The Morgan fingerprint density at radius 2 is 1.91 bits per heavy atom. The molecule has 1 atom stereocenters. The molecule has 1 saturated heterocycles. The first-order chi connectivity index (χ1) is 16.5. The number of nitrogens with one attached hydrogen (secondary N) is 2. The van der Waals surface area contributed by atoms with Gasteiger partial charge < -0.3 is 5.32 Å². The van der Waals surface area contributed by atoms with Gasteiger partial charge in [-0.1, -0.05) is 30.3 Å². The highest BCUT2D eigenvalue weighted by atomic mass is 16.7. The van der Waals surface area contributed by atoms with Crippen molar-refractivity contribution < 1.29 is 14.4 Å². The van der Waals surface area contributed by atoms with Crippen molar-refractivity contribution >= 4 is 29.2 Å². The van der Waals surface area contributed by atoms with Crippen molar-refractivity contribution in [3.8, 4) is 11.1 Å². The highest BCUT2D eigenvalue weighted by Gasteiger charge is 2.32. The number of benzene rings is 1. The van der Waals surface area contributed by atoms with Gasteiger partial charge in [0.15, 0.2) is 5.65 Å². The number of hydrogen-bond acceptors (Lipinski definition) is 6. The molecule has 0 bridgehead atoms. The quantitative estimate of drug-likeness (QED) is 0.479.